The quantitative estimate of drug-likeness (QED) is 0.652. The smallest absolute Gasteiger partial charge is 0.216 e. The number of Topliss-reactive ketones (excluding diaryl/α,β-unsaturated/α-hetero) is 2. The lowest BCUT2D eigenvalue weighted by atomic mass is 10.0. The Morgan fingerprint density at radius 2 is 2.00 bits per heavy atom. The van der Waals surface area contributed by atoms with Crippen LogP contribution in [0.3, 0.4) is 0 Å². The highest BCUT2D eigenvalue weighted by atomic mass is 16.2. The molecule has 5 heteroatoms. The van der Waals surface area contributed by atoms with Crippen LogP contribution in [0.4, 0.5) is 0 Å². The standard InChI is InChI=1S/C13H15N3O2/c14-6-12(17)13(18)10(15)5-8-7-16-11-4-2-1-3-9(8)11/h1-4,7,10,16H,5-6,14-15H2/t10-/m0/s1. The van der Waals surface area contributed by atoms with Crippen molar-refractivity contribution < 1.29 is 9.59 Å². The molecular weight excluding hydrogens is 230 g/mol. The van der Waals surface area contributed by atoms with Crippen molar-refractivity contribution in [3.8, 4) is 0 Å². The zero-order valence-electron chi connectivity index (χ0n) is 9.85. The number of aromatic nitrogens is 1. The van der Waals surface area contributed by atoms with E-state index < -0.39 is 17.6 Å². The Labute approximate surface area is 104 Å². The lowest BCUT2D eigenvalue weighted by molar-refractivity contribution is -0.136. The molecule has 0 fully saturated rings. The summed E-state index contributed by atoms with van der Waals surface area (Å²) in [6.07, 6.45) is 2.14. The fourth-order valence-corrected chi connectivity index (χ4v) is 1.94. The molecule has 5 nitrogen and oxygen atoms in total. The number of benzene rings is 1. The molecule has 0 aliphatic heterocycles. The van der Waals surface area contributed by atoms with E-state index in [1.807, 2.05) is 30.5 Å². The average molecular weight is 245 g/mol. The molecule has 1 heterocycles. The van der Waals surface area contributed by atoms with Gasteiger partial charge in [-0.1, -0.05) is 18.2 Å². The van der Waals surface area contributed by atoms with Crippen molar-refractivity contribution in [2.75, 3.05) is 6.54 Å². The second-order valence-corrected chi connectivity index (χ2v) is 4.16. The van der Waals surface area contributed by atoms with E-state index in [0.29, 0.717) is 6.42 Å². The number of hydrogen-bond donors (Lipinski definition) is 3. The van der Waals surface area contributed by atoms with Crippen LogP contribution in [-0.2, 0) is 16.0 Å². The zero-order chi connectivity index (χ0) is 13.1. The highest BCUT2D eigenvalue weighted by molar-refractivity contribution is 6.39. The van der Waals surface area contributed by atoms with Crippen molar-refractivity contribution in [3.63, 3.8) is 0 Å². The molecule has 0 radical (unpaired) electrons. The largest absolute Gasteiger partial charge is 0.361 e. The van der Waals surface area contributed by atoms with Gasteiger partial charge in [0.05, 0.1) is 12.6 Å². The van der Waals surface area contributed by atoms with E-state index in [-0.39, 0.29) is 6.54 Å². The molecule has 1 atom stereocenters. The van der Waals surface area contributed by atoms with Gasteiger partial charge in [0.15, 0.2) is 0 Å². The lowest BCUT2D eigenvalue weighted by Crippen LogP contribution is -2.40. The van der Waals surface area contributed by atoms with E-state index in [2.05, 4.69) is 4.98 Å². The highest BCUT2D eigenvalue weighted by Crippen LogP contribution is 2.18. The minimum atomic E-state index is -0.833. The van der Waals surface area contributed by atoms with Gasteiger partial charge < -0.3 is 16.5 Å². The monoisotopic (exact) mass is 245 g/mol. The Balaban J connectivity index is 2.19. The lowest BCUT2D eigenvalue weighted by Gasteiger charge is -2.08. The maximum Gasteiger partial charge on any atom is 0.216 e. The summed E-state index contributed by atoms with van der Waals surface area (Å²) in [6, 6.07) is 6.89. The van der Waals surface area contributed by atoms with Crippen molar-refractivity contribution >= 4 is 22.5 Å². The number of rotatable bonds is 5. The minimum Gasteiger partial charge on any atom is -0.361 e. The first kappa shape index (κ1) is 12.5. The molecule has 0 saturated heterocycles. The van der Waals surface area contributed by atoms with Gasteiger partial charge in [0, 0.05) is 17.1 Å². The molecule has 0 spiro atoms. The molecule has 0 bridgehead atoms. The first-order valence-corrected chi connectivity index (χ1v) is 5.71. The van der Waals surface area contributed by atoms with Crippen LogP contribution in [0.25, 0.3) is 10.9 Å². The summed E-state index contributed by atoms with van der Waals surface area (Å²) >= 11 is 0. The van der Waals surface area contributed by atoms with Gasteiger partial charge in [-0.2, -0.15) is 0 Å². The van der Waals surface area contributed by atoms with Crippen LogP contribution in [-0.4, -0.2) is 29.1 Å². The number of para-hydroxylation sites is 1. The minimum absolute atomic E-state index is 0.291. The molecule has 2 rings (SSSR count). The number of nitrogens with one attached hydrogen (secondary N) is 1. The molecule has 0 unspecified atom stereocenters. The molecule has 0 saturated carbocycles. The van der Waals surface area contributed by atoms with Crippen LogP contribution in [0, 0.1) is 0 Å². The summed E-state index contributed by atoms with van der Waals surface area (Å²) in [4.78, 5) is 25.9. The van der Waals surface area contributed by atoms with Gasteiger partial charge in [0.25, 0.3) is 0 Å². The normalized spacial score (nSPS) is 12.6. The number of fused-ring (bicyclic) bond motifs is 1. The molecular formula is C13H15N3O2. The molecule has 1 aromatic carbocycles. The number of aromatic amines is 1. The van der Waals surface area contributed by atoms with Gasteiger partial charge in [-0.25, -0.2) is 0 Å². The Bertz CT molecular complexity index is 589. The van der Waals surface area contributed by atoms with Gasteiger partial charge in [-0.3, -0.25) is 9.59 Å². The third-order valence-corrected chi connectivity index (χ3v) is 2.91. The molecule has 0 aliphatic rings. The summed E-state index contributed by atoms with van der Waals surface area (Å²) < 4.78 is 0. The molecule has 94 valence electrons. The summed E-state index contributed by atoms with van der Waals surface area (Å²) in [7, 11) is 0. The fraction of sp³-hybridized carbons (Fsp3) is 0.231. The fourth-order valence-electron chi connectivity index (χ4n) is 1.94. The van der Waals surface area contributed by atoms with Crippen molar-refractivity contribution in [2.45, 2.75) is 12.5 Å². The first-order valence-electron chi connectivity index (χ1n) is 5.71. The molecule has 1 aromatic heterocycles. The van der Waals surface area contributed by atoms with Crippen LogP contribution < -0.4 is 11.5 Å². The number of H-pyrrole nitrogens is 1. The van der Waals surface area contributed by atoms with Gasteiger partial charge >= 0.3 is 0 Å². The number of nitrogens with two attached hydrogens (primary N) is 2. The Kier molecular flexibility index (Phi) is 3.55. The van der Waals surface area contributed by atoms with Gasteiger partial charge in [0.1, 0.15) is 0 Å². The Morgan fingerprint density at radius 1 is 1.28 bits per heavy atom. The number of ketones is 2. The van der Waals surface area contributed by atoms with Crippen molar-refractivity contribution in [1.29, 1.82) is 0 Å². The second-order valence-electron chi connectivity index (χ2n) is 4.16. The molecule has 0 amide bonds. The third kappa shape index (κ3) is 2.32. The van der Waals surface area contributed by atoms with Crippen LogP contribution in [0.2, 0.25) is 0 Å². The summed E-state index contributed by atoms with van der Waals surface area (Å²) in [5.74, 6) is -1.23. The second kappa shape index (κ2) is 5.12. The van der Waals surface area contributed by atoms with Crippen LogP contribution in [0.15, 0.2) is 30.5 Å². The summed E-state index contributed by atoms with van der Waals surface area (Å²) in [6.45, 7) is -0.291. The number of hydrogen-bond acceptors (Lipinski definition) is 4. The van der Waals surface area contributed by atoms with Crippen molar-refractivity contribution in [3.05, 3.63) is 36.0 Å². The average Bonchev–Trinajstić information content (AvgIpc) is 2.80. The van der Waals surface area contributed by atoms with Gasteiger partial charge in [0.2, 0.25) is 11.6 Å². The predicted octanol–water partition coefficient (Wildman–Crippen LogP) is 0.135. The summed E-state index contributed by atoms with van der Waals surface area (Å²) in [5.41, 5.74) is 12.8. The van der Waals surface area contributed by atoms with E-state index in [4.69, 9.17) is 11.5 Å². The van der Waals surface area contributed by atoms with E-state index >= 15 is 0 Å². The van der Waals surface area contributed by atoms with Gasteiger partial charge in [-0.15, -0.1) is 0 Å². The van der Waals surface area contributed by atoms with E-state index in [1.165, 1.54) is 0 Å². The van der Waals surface area contributed by atoms with Crippen molar-refractivity contribution in [2.24, 2.45) is 11.5 Å². The highest BCUT2D eigenvalue weighted by Gasteiger charge is 2.21. The summed E-state index contributed by atoms with van der Waals surface area (Å²) in [5, 5.41) is 1.01. The van der Waals surface area contributed by atoms with Crippen LogP contribution in [0.5, 0.6) is 0 Å². The van der Waals surface area contributed by atoms with Crippen LogP contribution >= 0.6 is 0 Å². The van der Waals surface area contributed by atoms with E-state index in [0.717, 1.165) is 16.5 Å². The predicted molar refractivity (Wildman–Crippen MR) is 69.0 cm³/mol. The Hall–Kier alpha value is -1.98. The van der Waals surface area contributed by atoms with Gasteiger partial charge in [-0.05, 0) is 18.1 Å². The zero-order valence-corrected chi connectivity index (χ0v) is 9.85. The topological polar surface area (TPSA) is 102 Å². The van der Waals surface area contributed by atoms with E-state index in [9.17, 15) is 9.59 Å². The van der Waals surface area contributed by atoms with E-state index in [1.54, 1.807) is 0 Å². The first-order chi connectivity index (χ1) is 8.63. The molecule has 18 heavy (non-hydrogen) atoms. The number of carbonyl (C=O) groups excluding carboxylic acids is 2. The Morgan fingerprint density at radius 3 is 2.72 bits per heavy atom. The maximum absolute atomic E-state index is 11.6. The third-order valence-electron chi connectivity index (χ3n) is 2.91. The maximum atomic E-state index is 11.6. The molecule has 5 N–H and O–H groups in total. The molecule has 0 aliphatic carbocycles. The molecule has 2 aromatic rings. The SMILES string of the molecule is NCC(=O)C(=O)[C@@H](N)Cc1c[nH]c2ccccc12. The van der Waals surface area contributed by atoms with Crippen molar-refractivity contribution in [1.82, 2.24) is 4.98 Å². The van der Waals surface area contributed by atoms with Crippen LogP contribution in [0.1, 0.15) is 5.56 Å². The number of carbonyl (C=O) groups is 2.